The number of carbonyl (C=O) groups is 1. The van der Waals surface area contributed by atoms with Gasteiger partial charge in [-0.2, -0.15) is 0 Å². The van der Waals surface area contributed by atoms with E-state index >= 15 is 0 Å². The number of carbonyl (C=O) groups excluding carboxylic acids is 1. The average Bonchev–Trinajstić information content (AvgIpc) is 3.26. The molecule has 0 saturated heterocycles. The highest BCUT2D eigenvalue weighted by molar-refractivity contribution is 6.30. The Morgan fingerprint density at radius 3 is 2.68 bits per heavy atom. The molecule has 4 rings (SSSR count). The summed E-state index contributed by atoms with van der Waals surface area (Å²) in [5, 5.41) is 10.6. The topological polar surface area (TPSA) is 94.1 Å². The number of furan rings is 1. The molecule has 8 nitrogen and oxygen atoms in total. The highest BCUT2D eigenvalue weighted by atomic mass is 35.5. The van der Waals surface area contributed by atoms with Crippen molar-refractivity contribution < 1.29 is 9.21 Å². The van der Waals surface area contributed by atoms with Crippen molar-refractivity contribution in [1.82, 2.24) is 25.0 Å². The zero-order valence-electron chi connectivity index (χ0n) is 15.1. The smallest absolute Gasteiger partial charge is 0.346 e. The summed E-state index contributed by atoms with van der Waals surface area (Å²) in [4.78, 5) is 24.6. The van der Waals surface area contributed by atoms with Crippen LogP contribution >= 0.6 is 11.6 Å². The summed E-state index contributed by atoms with van der Waals surface area (Å²) in [6, 6.07) is 10.7. The summed E-state index contributed by atoms with van der Waals surface area (Å²) in [5.41, 5.74) is 0.763. The molecule has 2 heterocycles. The van der Waals surface area contributed by atoms with Gasteiger partial charge in [-0.1, -0.05) is 23.7 Å². The summed E-state index contributed by atoms with van der Waals surface area (Å²) in [6.45, 7) is 0.953. The number of nitrogens with zero attached hydrogens (tertiary/aromatic N) is 3. The molecule has 9 heteroatoms. The summed E-state index contributed by atoms with van der Waals surface area (Å²) in [5.74, 6) is 1.10. The Morgan fingerprint density at radius 2 is 2.00 bits per heavy atom. The Bertz CT molecular complexity index is 1000. The summed E-state index contributed by atoms with van der Waals surface area (Å²) < 4.78 is 8.46. The van der Waals surface area contributed by atoms with Gasteiger partial charge in [0.1, 0.15) is 0 Å². The molecular formula is C19H20ClN5O3. The van der Waals surface area contributed by atoms with E-state index in [1.807, 2.05) is 12.1 Å². The van der Waals surface area contributed by atoms with Crippen molar-refractivity contribution in [2.45, 2.75) is 32.0 Å². The third kappa shape index (κ3) is 4.12. The van der Waals surface area contributed by atoms with Crippen LogP contribution in [0.4, 0.5) is 4.79 Å². The van der Waals surface area contributed by atoms with Crippen molar-refractivity contribution in [3.63, 3.8) is 0 Å². The fourth-order valence-corrected chi connectivity index (χ4v) is 3.05. The Kier molecular flexibility index (Phi) is 5.21. The first-order valence-corrected chi connectivity index (χ1v) is 9.49. The Morgan fingerprint density at radius 1 is 1.21 bits per heavy atom. The molecule has 146 valence electrons. The van der Waals surface area contributed by atoms with Gasteiger partial charge < -0.3 is 15.1 Å². The predicted octanol–water partition coefficient (Wildman–Crippen LogP) is 2.79. The van der Waals surface area contributed by atoms with Crippen molar-refractivity contribution in [2.24, 2.45) is 0 Å². The molecule has 1 aliphatic carbocycles. The largest absolute Gasteiger partial charge is 0.461 e. The van der Waals surface area contributed by atoms with Crippen LogP contribution in [0, 0.1) is 0 Å². The molecule has 0 bridgehead atoms. The van der Waals surface area contributed by atoms with Gasteiger partial charge in [0.25, 0.3) is 0 Å². The van der Waals surface area contributed by atoms with Crippen LogP contribution in [0.3, 0.4) is 0 Å². The van der Waals surface area contributed by atoms with Crippen LogP contribution in [0.15, 0.2) is 51.9 Å². The number of urea groups is 1. The lowest BCUT2D eigenvalue weighted by atomic mass is 10.2. The number of hydrogen-bond donors (Lipinski definition) is 2. The molecule has 28 heavy (non-hydrogen) atoms. The van der Waals surface area contributed by atoms with Gasteiger partial charge in [0.15, 0.2) is 5.76 Å². The second-order valence-electron chi connectivity index (χ2n) is 6.64. The summed E-state index contributed by atoms with van der Waals surface area (Å²) in [7, 11) is 0. The van der Waals surface area contributed by atoms with Gasteiger partial charge >= 0.3 is 11.7 Å². The van der Waals surface area contributed by atoms with Crippen LogP contribution in [-0.4, -0.2) is 26.9 Å². The first-order valence-electron chi connectivity index (χ1n) is 9.11. The number of amides is 2. The highest BCUT2D eigenvalue weighted by Gasteiger charge is 2.31. The van der Waals surface area contributed by atoms with E-state index in [0.29, 0.717) is 23.2 Å². The minimum Gasteiger partial charge on any atom is -0.461 e. The lowest BCUT2D eigenvalue weighted by Gasteiger charge is -2.07. The van der Waals surface area contributed by atoms with Gasteiger partial charge in [0.2, 0.25) is 5.82 Å². The van der Waals surface area contributed by atoms with Crippen LogP contribution in [0.5, 0.6) is 0 Å². The molecule has 1 fully saturated rings. The lowest BCUT2D eigenvalue weighted by Crippen LogP contribution is -2.38. The number of aromatic nitrogens is 3. The minimum absolute atomic E-state index is 0.178. The van der Waals surface area contributed by atoms with Gasteiger partial charge in [-0.25, -0.2) is 14.3 Å². The molecule has 2 aromatic heterocycles. The molecule has 0 spiro atoms. The van der Waals surface area contributed by atoms with Crippen LogP contribution < -0.4 is 16.3 Å². The zero-order valence-corrected chi connectivity index (χ0v) is 15.9. The van der Waals surface area contributed by atoms with E-state index in [2.05, 4.69) is 15.7 Å². The fraction of sp³-hybridized carbons (Fsp3) is 0.316. The molecule has 0 atom stereocenters. The van der Waals surface area contributed by atoms with E-state index in [-0.39, 0.29) is 30.9 Å². The highest BCUT2D eigenvalue weighted by Crippen LogP contribution is 2.36. The molecule has 3 aromatic rings. The summed E-state index contributed by atoms with van der Waals surface area (Å²) in [6.07, 6.45) is 3.48. The van der Waals surface area contributed by atoms with Crippen molar-refractivity contribution >= 4 is 17.6 Å². The molecular weight excluding hydrogens is 382 g/mol. The molecule has 1 aromatic carbocycles. The molecule has 0 aliphatic heterocycles. The quantitative estimate of drug-likeness (QED) is 0.636. The van der Waals surface area contributed by atoms with Gasteiger partial charge in [-0.05, 0) is 42.7 Å². The molecule has 0 unspecified atom stereocenters. The lowest BCUT2D eigenvalue weighted by molar-refractivity contribution is 0.240. The van der Waals surface area contributed by atoms with Crippen LogP contribution in [0.2, 0.25) is 5.02 Å². The van der Waals surface area contributed by atoms with E-state index < -0.39 is 0 Å². The maximum atomic E-state index is 12.7. The normalized spacial score (nSPS) is 13.5. The molecule has 1 saturated carbocycles. The Balaban J connectivity index is 1.33. The maximum absolute atomic E-state index is 12.7. The zero-order chi connectivity index (χ0) is 19.5. The minimum atomic E-state index is -0.309. The standard InChI is InChI=1S/C19H20ClN5O3/c20-14-5-3-13(4-6-14)12-22-18(26)21-9-10-24-19(27)25(15-7-8-15)17(23-24)16-2-1-11-28-16/h1-6,11,15H,7-10,12H2,(H2,21,22,26). The van der Waals surface area contributed by atoms with Crippen LogP contribution in [-0.2, 0) is 13.1 Å². The fourth-order valence-electron chi connectivity index (χ4n) is 2.92. The van der Waals surface area contributed by atoms with Crippen molar-refractivity contribution in [3.8, 4) is 11.6 Å². The summed E-state index contributed by atoms with van der Waals surface area (Å²) >= 11 is 5.84. The third-order valence-electron chi connectivity index (χ3n) is 4.50. The van der Waals surface area contributed by atoms with E-state index in [1.54, 1.807) is 35.1 Å². The molecule has 2 N–H and O–H groups in total. The predicted molar refractivity (Wildman–Crippen MR) is 104 cm³/mol. The van der Waals surface area contributed by atoms with Gasteiger partial charge in [0.05, 0.1) is 12.8 Å². The second-order valence-corrected chi connectivity index (χ2v) is 7.08. The van der Waals surface area contributed by atoms with Crippen molar-refractivity contribution in [3.05, 3.63) is 63.7 Å². The molecule has 0 radical (unpaired) electrons. The van der Waals surface area contributed by atoms with Crippen molar-refractivity contribution in [2.75, 3.05) is 6.54 Å². The Labute approximate surface area is 166 Å². The molecule has 2 amide bonds. The third-order valence-corrected chi connectivity index (χ3v) is 4.75. The number of halogens is 1. The first-order chi connectivity index (χ1) is 13.6. The van der Waals surface area contributed by atoms with Gasteiger partial charge in [-0.3, -0.25) is 4.57 Å². The van der Waals surface area contributed by atoms with E-state index in [4.69, 9.17) is 16.0 Å². The number of nitrogens with one attached hydrogen (secondary N) is 2. The van der Waals surface area contributed by atoms with E-state index in [9.17, 15) is 9.59 Å². The number of rotatable bonds is 7. The first kappa shape index (κ1) is 18.4. The number of benzene rings is 1. The van der Waals surface area contributed by atoms with E-state index in [0.717, 1.165) is 18.4 Å². The second kappa shape index (κ2) is 7.93. The monoisotopic (exact) mass is 401 g/mol. The average molecular weight is 402 g/mol. The maximum Gasteiger partial charge on any atom is 0.346 e. The van der Waals surface area contributed by atoms with Crippen molar-refractivity contribution in [1.29, 1.82) is 0 Å². The van der Waals surface area contributed by atoms with Crippen LogP contribution in [0.1, 0.15) is 24.4 Å². The van der Waals surface area contributed by atoms with E-state index in [1.165, 1.54) is 4.68 Å². The SMILES string of the molecule is O=C(NCCn1nc(-c2ccco2)n(C2CC2)c1=O)NCc1ccc(Cl)cc1. The van der Waals surface area contributed by atoms with Gasteiger partial charge in [0, 0.05) is 24.2 Å². The van der Waals surface area contributed by atoms with Gasteiger partial charge in [-0.15, -0.1) is 5.10 Å². The van der Waals surface area contributed by atoms with Crippen LogP contribution in [0.25, 0.3) is 11.6 Å². The Hall–Kier alpha value is -3.00. The molecule has 1 aliphatic rings. The number of hydrogen-bond acceptors (Lipinski definition) is 4.